The Balaban J connectivity index is 2.70. The molecule has 0 saturated carbocycles. The second-order valence-electron chi connectivity index (χ2n) is 4.00. The molecule has 0 aliphatic heterocycles. The maximum atomic E-state index is 13.5. The Morgan fingerprint density at radius 3 is 2.31 bits per heavy atom. The van der Waals surface area contributed by atoms with E-state index >= 15 is 0 Å². The van der Waals surface area contributed by atoms with Crippen LogP contribution in [-0.2, 0) is 12.3 Å². The lowest BCUT2D eigenvalue weighted by Crippen LogP contribution is -2.13. The average molecular weight is 227 g/mol. The highest BCUT2D eigenvalue weighted by Crippen LogP contribution is 2.32. The molecule has 0 aliphatic carbocycles. The molecule has 0 radical (unpaired) electrons. The number of hydrogen-bond acceptors (Lipinski definition) is 1. The van der Waals surface area contributed by atoms with E-state index in [0.29, 0.717) is 6.42 Å². The minimum Gasteiger partial charge on any atom is -0.319 e. The molecule has 0 bridgehead atoms. The van der Waals surface area contributed by atoms with Crippen LogP contribution in [0, 0.1) is 0 Å². The molecule has 0 atom stereocenters. The summed E-state index contributed by atoms with van der Waals surface area (Å²) in [6.07, 6.45) is 1.29. The van der Waals surface area contributed by atoms with Gasteiger partial charge in [-0.1, -0.05) is 37.6 Å². The van der Waals surface area contributed by atoms with E-state index in [0.717, 1.165) is 18.5 Å². The van der Waals surface area contributed by atoms with Crippen LogP contribution in [0.1, 0.15) is 30.9 Å². The van der Waals surface area contributed by atoms with E-state index < -0.39 is 5.92 Å². The minimum absolute atomic E-state index is 0.0805. The van der Waals surface area contributed by atoms with Gasteiger partial charge in [-0.3, -0.25) is 0 Å². The van der Waals surface area contributed by atoms with Crippen molar-refractivity contribution in [2.45, 2.75) is 32.1 Å². The molecule has 16 heavy (non-hydrogen) atoms. The van der Waals surface area contributed by atoms with Crippen LogP contribution in [-0.4, -0.2) is 13.6 Å². The molecule has 0 saturated heterocycles. The third-order valence-corrected chi connectivity index (χ3v) is 2.60. The molecule has 1 aromatic carbocycles. The molecule has 0 amide bonds. The van der Waals surface area contributed by atoms with Crippen LogP contribution in [0.2, 0.25) is 0 Å². The Labute approximate surface area is 95.9 Å². The summed E-state index contributed by atoms with van der Waals surface area (Å²) in [6, 6.07) is 6.66. The van der Waals surface area contributed by atoms with Gasteiger partial charge in [0.25, 0.3) is 5.92 Å². The second kappa shape index (κ2) is 5.94. The normalized spacial score (nSPS) is 11.8. The van der Waals surface area contributed by atoms with Gasteiger partial charge in [0.2, 0.25) is 0 Å². The average Bonchev–Trinajstić information content (AvgIpc) is 2.27. The fraction of sp³-hybridized carbons (Fsp3) is 0.538. The number of benzene rings is 1. The van der Waals surface area contributed by atoms with Gasteiger partial charge in [-0.05, 0) is 25.6 Å². The van der Waals surface area contributed by atoms with Gasteiger partial charge >= 0.3 is 0 Å². The van der Waals surface area contributed by atoms with Gasteiger partial charge in [-0.2, -0.15) is 0 Å². The van der Waals surface area contributed by atoms with E-state index in [4.69, 9.17) is 0 Å². The van der Waals surface area contributed by atoms with Crippen LogP contribution in [0.3, 0.4) is 0 Å². The van der Waals surface area contributed by atoms with Crippen LogP contribution in [0.15, 0.2) is 24.3 Å². The molecule has 0 fully saturated rings. The molecule has 0 aromatic heterocycles. The predicted octanol–water partition coefficient (Wildman–Crippen LogP) is 3.34. The van der Waals surface area contributed by atoms with Crippen LogP contribution in [0.5, 0.6) is 0 Å². The van der Waals surface area contributed by atoms with Gasteiger partial charge in [0.1, 0.15) is 0 Å². The van der Waals surface area contributed by atoms with E-state index in [-0.39, 0.29) is 12.0 Å². The van der Waals surface area contributed by atoms with Crippen LogP contribution in [0.4, 0.5) is 8.78 Å². The molecular formula is C13H19F2N. The van der Waals surface area contributed by atoms with Crippen molar-refractivity contribution in [3.05, 3.63) is 35.4 Å². The molecular weight excluding hydrogens is 208 g/mol. The lowest BCUT2D eigenvalue weighted by atomic mass is 10.0. The number of nitrogens with one attached hydrogen (secondary N) is 1. The maximum absolute atomic E-state index is 13.5. The quantitative estimate of drug-likeness (QED) is 0.786. The van der Waals surface area contributed by atoms with E-state index in [9.17, 15) is 8.78 Å². The third kappa shape index (κ3) is 3.56. The summed E-state index contributed by atoms with van der Waals surface area (Å²) in [7, 11) is 1.88. The van der Waals surface area contributed by atoms with Crippen LogP contribution >= 0.6 is 0 Å². The lowest BCUT2D eigenvalue weighted by molar-refractivity contribution is -0.0140. The molecule has 3 heteroatoms. The van der Waals surface area contributed by atoms with Crippen molar-refractivity contribution in [1.29, 1.82) is 0 Å². The molecule has 0 unspecified atom stereocenters. The summed E-state index contributed by atoms with van der Waals surface area (Å²) in [5.41, 5.74) is 1.22. The Kier molecular flexibility index (Phi) is 4.87. The van der Waals surface area contributed by atoms with Gasteiger partial charge in [0, 0.05) is 12.0 Å². The van der Waals surface area contributed by atoms with Gasteiger partial charge < -0.3 is 5.32 Å². The molecule has 0 heterocycles. The molecule has 1 aromatic rings. The smallest absolute Gasteiger partial charge is 0.273 e. The van der Waals surface area contributed by atoms with E-state index in [2.05, 4.69) is 5.32 Å². The van der Waals surface area contributed by atoms with Crippen molar-refractivity contribution in [3.63, 3.8) is 0 Å². The predicted molar refractivity (Wildman–Crippen MR) is 62.9 cm³/mol. The summed E-state index contributed by atoms with van der Waals surface area (Å²) in [4.78, 5) is 0. The van der Waals surface area contributed by atoms with Crippen LogP contribution in [0.25, 0.3) is 0 Å². The third-order valence-electron chi connectivity index (χ3n) is 2.60. The Bertz CT molecular complexity index is 306. The SMILES string of the molecule is CCCC(F)(F)c1ccc(CCNC)cc1. The van der Waals surface area contributed by atoms with Crippen molar-refractivity contribution in [2.75, 3.05) is 13.6 Å². The zero-order chi connectivity index (χ0) is 12.0. The largest absolute Gasteiger partial charge is 0.319 e. The van der Waals surface area contributed by atoms with Crippen molar-refractivity contribution >= 4 is 0 Å². The molecule has 1 N–H and O–H groups in total. The first kappa shape index (κ1) is 13.1. The van der Waals surface area contributed by atoms with Crippen LogP contribution < -0.4 is 5.32 Å². The highest BCUT2D eigenvalue weighted by molar-refractivity contribution is 5.26. The van der Waals surface area contributed by atoms with Crippen molar-refractivity contribution in [1.82, 2.24) is 5.32 Å². The number of hydrogen-bond donors (Lipinski definition) is 1. The topological polar surface area (TPSA) is 12.0 Å². The highest BCUT2D eigenvalue weighted by Gasteiger charge is 2.29. The van der Waals surface area contributed by atoms with Gasteiger partial charge in [-0.15, -0.1) is 0 Å². The number of likely N-dealkylation sites (N-methyl/N-ethyl adjacent to an activating group) is 1. The molecule has 1 rings (SSSR count). The van der Waals surface area contributed by atoms with Crippen molar-refractivity contribution in [3.8, 4) is 0 Å². The Morgan fingerprint density at radius 2 is 1.81 bits per heavy atom. The Morgan fingerprint density at radius 1 is 1.19 bits per heavy atom. The monoisotopic (exact) mass is 227 g/mol. The summed E-state index contributed by atoms with van der Waals surface area (Å²) in [6.45, 7) is 2.64. The fourth-order valence-electron chi connectivity index (χ4n) is 1.64. The first-order valence-corrected chi connectivity index (χ1v) is 5.72. The molecule has 0 aliphatic rings. The maximum Gasteiger partial charge on any atom is 0.273 e. The zero-order valence-electron chi connectivity index (χ0n) is 9.89. The summed E-state index contributed by atoms with van der Waals surface area (Å²) < 4.78 is 27.1. The van der Waals surface area contributed by atoms with Gasteiger partial charge in [0.05, 0.1) is 0 Å². The first-order valence-electron chi connectivity index (χ1n) is 5.72. The van der Waals surface area contributed by atoms with Gasteiger partial charge in [0.15, 0.2) is 0 Å². The second-order valence-corrected chi connectivity index (χ2v) is 4.00. The molecule has 1 nitrogen and oxygen atoms in total. The van der Waals surface area contributed by atoms with Crippen molar-refractivity contribution in [2.24, 2.45) is 0 Å². The minimum atomic E-state index is -2.68. The number of rotatable bonds is 6. The van der Waals surface area contributed by atoms with E-state index in [1.54, 1.807) is 31.2 Å². The zero-order valence-corrected chi connectivity index (χ0v) is 9.89. The van der Waals surface area contributed by atoms with E-state index in [1.165, 1.54) is 0 Å². The first-order chi connectivity index (χ1) is 7.60. The summed E-state index contributed by atoms with van der Waals surface area (Å²) in [5.74, 6) is -2.68. The number of alkyl halides is 2. The lowest BCUT2D eigenvalue weighted by Gasteiger charge is -2.16. The Hall–Kier alpha value is -0.960. The molecule has 90 valence electrons. The number of halogens is 2. The summed E-state index contributed by atoms with van der Waals surface area (Å²) >= 11 is 0. The van der Waals surface area contributed by atoms with Crippen molar-refractivity contribution < 1.29 is 8.78 Å². The summed E-state index contributed by atoms with van der Waals surface area (Å²) in [5, 5.41) is 3.03. The standard InChI is InChI=1S/C13H19F2N/c1-3-9-13(14,15)12-6-4-11(5-7-12)8-10-16-2/h4-7,16H,3,8-10H2,1-2H3. The van der Waals surface area contributed by atoms with Gasteiger partial charge in [-0.25, -0.2) is 8.78 Å². The van der Waals surface area contributed by atoms with E-state index in [1.807, 2.05) is 7.05 Å². The fourth-order valence-corrected chi connectivity index (χ4v) is 1.64. The highest BCUT2D eigenvalue weighted by atomic mass is 19.3. The molecule has 0 spiro atoms.